The van der Waals surface area contributed by atoms with Crippen molar-refractivity contribution in [2.75, 3.05) is 6.54 Å². The van der Waals surface area contributed by atoms with Crippen LogP contribution in [-0.4, -0.2) is 30.2 Å². The first kappa shape index (κ1) is 18.0. The van der Waals surface area contributed by atoms with Crippen molar-refractivity contribution in [2.24, 2.45) is 5.92 Å². The molecule has 5 rings (SSSR count). The molecule has 1 N–H and O–H groups in total. The maximum absolute atomic E-state index is 12.8. The Bertz CT molecular complexity index is 863. The highest BCUT2D eigenvalue weighted by atomic mass is 19.4. The predicted octanol–water partition coefficient (Wildman–Crippen LogP) is 4.38. The molecule has 150 valence electrons. The van der Waals surface area contributed by atoms with Crippen molar-refractivity contribution in [1.29, 1.82) is 0 Å². The van der Waals surface area contributed by atoms with Crippen LogP contribution in [0, 0.1) is 5.92 Å². The van der Waals surface area contributed by atoms with E-state index >= 15 is 0 Å². The van der Waals surface area contributed by atoms with Crippen LogP contribution < -0.4 is 10.1 Å². The fraction of sp³-hybridized carbons (Fsp3) is 0.550. The minimum atomic E-state index is -4.77. The Kier molecular flexibility index (Phi) is 4.35. The molecule has 0 amide bonds. The molecule has 1 aromatic carbocycles. The van der Waals surface area contributed by atoms with E-state index in [9.17, 15) is 13.2 Å². The van der Waals surface area contributed by atoms with E-state index in [1.807, 2.05) is 0 Å². The number of hydrogen-bond acceptors (Lipinski definition) is 5. The zero-order valence-electron chi connectivity index (χ0n) is 15.2. The van der Waals surface area contributed by atoms with E-state index in [2.05, 4.69) is 15.2 Å². The smallest absolute Gasteiger partial charge is 0.405 e. The third-order valence-electron chi connectivity index (χ3n) is 5.87. The topological polar surface area (TPSA) is 56.5 Å². The van der Waals surface area contributed by atoms with E-state index in [4.69, 9.17) is 9.26 Å². The van der Waals surface area contributed by atoms with Gasteiger partial charge >= 0.3 is 6.36 Å². The lowest BCUT2D eigenvalue weighted by Gasteiger charge is -2.23. The summed E-state index contributed by atoms with van der Waals surface area (Å²) in [5, 5.41) is 7.57. The maximum Gasteiger partial charge on any atom is 0.573 e. The molecular weight excluding hydrogens is 373 g/mol. The fourth-order valence-electron chi connectivity index (χ4n) is 4.40. The third-order valence-corrected chi connectivity index (χ3v) is 5.87. The zero-order chi connectivity index (χ0) is 19.3. The summed E-state index contributed by atoms with van der Waals surface area (Å²) in [6.07, 6.45) is -0.508. The fourth-order valence-corrected chi connectivity index (χ4v) is 4.40. The van der Waals surface area contributed by atoms with Crippen molar-refractivity contribution in [3.05, 3.63) is 35.6 Å². The molecule has 1 aromatic heterocycles. The van der Waals surface area contributed by atoms with E-state index in [0.29, 0.717) is 24.3 Å². The van der Waals surface area contributed by atoms with E-state index in [1.165, 1.54) is 12.1 Å². The molecule has 2 aromatic rings. The molecular formula is C20H21F3N2O3. The van der Waals surface area contributed by atoms with Gasteiger partial charge in [0.05, 0.1) is 12.7 Å². The van der Waals surface area contributed by atoms with Gasteiger partial charge in [0.1, 0.15) is 17.2 Å². The number of nitrogens with one attached hydrogen (secondary N) is 1. The van der Waals surface area contributed by atoms with Crippen molar-refractivity contribution in [3.8, 4) is 17.0 Å². The summed E-state index contributed by atoms with van der Waals surface area (Å²) >= 11 is 0. The molecule has 0 unspecified atom stereocenters. The zero-order valence-corrected chi connectivity index (χ0v) is 15.2. The second kappa shape index (κ2) is 6.77. The first-order chi connectivity index (χ1) is 13.5. The van der Waals surface area contributed by atoms with E-state index in [-0.39, 0.29) is 23.3 Å². The van der Waals surface area contributed by atoms with Crippen molar-refractivity contribution in [3.63, 3.8) is 0 Å². The summed E-state index contributed by atoms with van der Waals surface area (Å²) < 4.78 is 54.4. The summed E-state index contributed by atoms with van der Waals surface area (Å²) in [6, 6.07) is 6.54. The predicted molar refractivity (Wildman–Crippen MR) is 93.7 cm³/mol. The number of benzene rings is 1. The third kappa shape index (κ3) is 3.51. The summed E-state index contributed by atoms with van der Waals surface area (Å²) in [4.78, 5) is 0. The SMILES string of the molecule is FC(F)(F)Oc1ccccc1-c1noc(C2CC2)c1CO[C@@H]1C[C@@H]2C[C@H]1CN2. The largest absolute Gasteiger partial charge is 0.573 e. The molecule has 0 spiro atoms. The number of nitrogens with zero attached hydrogens (tertiary/aromatic N) is 1. The number of aromatic nitrogens is 1. The van der Waals surface area contributed by atoms with E-state index in [1.54, 1.807) is 12.1 Å². The van der Waals surface area contributed by atoms with Gasteiger partial charge in [-0.25, -0.2) is 0 Å². The summed E-state index contributed by atoms with van der Waals surface area (Å²) in [5.74, 6) is 1.23. The summed E-state index contributed by atoms with van der Waals surface area (Å²) in [6.45, 7) is 1.25. The van der Waals surface area contributed by atoms with Gasteiger partial charge in [0.25, 0.3) is 0 Å². The molecule has 3 aliphatic rings. The second-order valence-corrected chi connectivity index (χ2v) is 7.88. The Balaban J connectivity index is 1.44. The Morgan fingerprint density at radius 3 is 2.68 bits per heavy atom. The molecule has 3 atom stereocenters. The van der Waals surface area contributed by atoms with Gasteiger partial charge < -0.3 is 19.3 Å². The molecule has 3 fully saturated rings. The van der Waals surface area contributed by atoms with Gasteiger partial charge in [-0.3, -0.25) is 0 Å². The number of para-hydroxylation sites is 1. The number of piperidine rings is 1. The Hall–Kier alpha value is -2.06. The van der Waals surface area contributed by atoms with Gasteiger partial charge in [-0.05, 0) is 43.7 Å². The highest BCUT2D eigenvalue weighted by molar-refractivity contribution is 5.70. The summed E-state index contributed by atoms with van der Waals surface area (Å²) in [5.41, 5.74) is 1.39. The van der Waals surface area contributed by atoms with Crippen LogP contribution in [0.15, 0.2) is 28.8 Å². The number of alkyl halides is 3. The molecule has 2 saturated carbocycles. The van der Waals surface area contributed by atoms with Crippen LogP contribution in [0.1, 0.15) is 42.9 Å². The number of fused-ring (bicyclic) bond motifs is 2. The van der Waals surface area contributed by atoms with Crippen LogP contribution >= 0.6 is 0 Å². The molecule has 28 heavy (non-hydrogen) atoms. The van der Waals surface area contributed by atoms with Gasteiger partial charge in [0.2, 0.25) is 0 Å². The molecule has 2 bridgehead atoms. The lowest BCUT2D eigenvalue weighted by Crippen LogP contribution is -2.34. The number of hydrogen-bond donors (Lipinski definition) is 1. The van der Waals surface area contributed by atoms with Crippen LogP contribution in [0.3, 0.4) is 0 Å². The first-order valence-electron chi connectivity index (χ1n) is 9.66. The molecule has 0 radical (unpaired) electrons. The Morgan fingerprint density at radius 1 is 1.18 bits per heavy atom. The molecule has 1 saturated heterocycles. The van der Waals surface area contributed by atoms with Gasteiger partial charge in [-0.2, -0.15) is 0 Å². The monoisotopic (exact) mass is 394 g/mol. The van der Waals surface area contributed by atoms with Crippen LogP contribution in [0.25, 0.3) is 11.3 Å². The molecule has 1 aliphatic heterocycles. The van der Waals surface area contributed by atoms with E-state index < -0.39 is 6.36 Å². The molecule has 2 heterocycles. The molecule has 8 heteroatoms. The van der Waals surface area contributed by atoms with Crippen LogP contribution in [0.5, 0.6) is 5.75 Å². The van der Waals surface area contributed by atoms with Gasteiger partial charge in [0, 0.05) is 29.6 Å². The van der Waals surface area contributed by atoms with Crippen molar-refractivity contribution < 1.29 is 27.2 Å². The average Bonchev–Trinajstić information content (AvgIpc) is 3.09. The van der Waals surface area contributed by atoms with Crippen LogP contribution in [-0.2, 0) is 11.3 Å². The minimum absolute atomic E-state index is 0.169. The minimum Gasteiger partial charge on any atom is -0.405 e. The lowest BCUT2D eigenvalue weighted by atomic mass is 10.0. The maximum atomic E-state index is 12.8. The Labute approximate surface area is 160 Å². The van der Waals surface area contributed by atoms with Crippen LogP contribution in [0.2, 0.25) is 0 Å². The lowest BCUT2D eigenvalue weighted by molar-refractivity contribution is -0.274. The first-order valence-corrected chi connectivity index (χ1v) is 9.66. The highest BCUT2D eigenvalue weighted by Gasteiger charge is 2.41. The Morgan fingerprint density at radius 2 is 2.00 bits per heavy atom. The average molecular weight is 394 g/mol. The molecule has 2 aliphatic carbocycles. The van der Waals surface area contributed by atoms with Crippen molar-refractivity contribution in [2.45, 2.75) is 56.7 Å². The quantitative estimate of drug-likeness (QED) is 0.788. The standard InChI is InChI=1S/C20H21F3N2O3/c21-20(22,23)27-16-4-2-1-3-14(16)18-15(19(28-25-18)11-5-6-11)10-26-17-8-13-7-12(17)9-24-13/h1-4,11-13,17,24H,5-10H2/t12-,13-,17+/m0/s1. The van der Waals surface area contributed by atoms with Gasteiger partial charge in [-0.15, -0.1) is 13.2 Å². The number of rotatable bonds is 6. The van der Waals surface area contributed by atoms with Crippen molar-refractivity contribution in [1.82, 2.24) is 10.5 Å². The summed E-state index contributed by atoms with van der Waals surface area (Å²) in [7, 11) is 0. The number of halogens is 3. The second-order valence-electron chi connectivity index (χ2n) is 7.88. The molecule has 5 nitrogen and oxygen atoms in total. The van der Waals surface area contributed by atoms with Crippen molar-refractivity contribution >= 4 is 0 Å². The van der Waals surface area contributed by atoms with Gasteiger partial charge in [-0.1, -0.05) is 17.3 Å². The highest BCUT2D eigenvalue weighted by Crippen LogP contribution is 2.46. The number of ether oxygens (including phenoxy) is 2. The normalized spacial score (nSPS) is 26.8. The van der Waals surface area contributed by atoms with Crippen LogP contribution in [0.4, 0.5) is 13.2 Å². The van der Waals surface area contributed by atoms with Gasteiger partial charge in [0.15, 0.2) is 0 Å². The van der Waals surface area contributed by atoms with E-state index in [0.717, 1.165) is 43.6 Å².